The molecule has 5 aromatic rings. The number of carbonyl (C=O) groups is 1. The maximum atomic E-state index is 12.8. The molecule has 0 saturated carbocycles. The summed E-state index contributed by atoms with van der Waals surface area (Å²) in [7, 11) is 1.62. The first-order valence-electron chi connectivity index (χ1n) is 9.99. The quantitative estimate of drug-likeness (QED) is 0.278. The molecule has 0 radical (unpaired) electrons. The fourth-order valence-electron chi connectivity index (χ4n) is 3.10. The minimum absolute atomic E-state index is 0.228. The Morgan fingerprint density at radius 3 is 2.36 bits per heavy atom. The fraction of sp³-hybridized carbons (Fsp3) is 0.0417. The van der Waals surface area contributed by atoms with Gasteiger partial charge in [-0.2, -0.15) is 0 Å². The second-order valence-electron chi connectivity index (χ2n) is 6.95. The van der Waals surface area contributed by atoms with Gasteiger partial charge in [-0.15, -0.1) is 21.5 Å². The smallest absolute Gasteiger partial charge is 0.267 e. The van der Waals surface area contributed by atoms with Crippen LogP contribution in [0.4, 0.5) is 16.0 Å². The van der Waals surface area contributed by atoms with E-state index in [1.807, 2.05) is 78.9 Å². The van der Waals surface area contributed by atoms with Crippen LogP contribution in [0, 0.1) is 0 Å². The van der Waals surface area contributed by atoms with E-state index in [0.29, 0.717) is 15.1 Å². The molecule has 2 heterocycles. The van der Waals surface area contributed by atoms with Crippen LogP contribution in [0.15, 0.2) is 78.9 Å². The lowest BCUT2D eigenvalue weighted by Crippen LogP contribution is -2.09. The number of fused-ring (bicyclic) bond motifs is 1. The van der Waals surface area contributed by atoms with Gasteiger partial charge >= 0.3 is 0 Å². The van der Waals surface area contributed by atoms with E-state index in [0.717, 1.165) is 33.0 Å². The Hall–Kier alpha value is -3.95. The summed E-state index contributed by atoms with van der Waals surface area (Å²) in [6.45, 7) is 0. The maximum absolute atomic E-state index is 12.8. The third kappa shape index (κ3) is 4.94. The van der Waals surface area contributed by atoms with E-state index in [1.54, 1.807) is 7.11 Å². The molecule has 0 saturated heterocycles. The van der Waals surface area contributed by atoms with Gasteiger partial charge in [-0.3, -0.25) is 10.1 Å². The summed E-state index contributed by atoms with van der Waals surface area (Å²) in [5, 5.41) is 16.1. The zero-order valence-corrected chi connectivity index (χ0v) is 19.1. The predicted molar refractivity (Wildman–Crippen MR) is 132 cm³/mol. The van der Waals surface area contributed by atoms with Crippen LogP contribution in [0.5, 0.6) is 17.2 Å². The first-order valence-corrected chi connectivity index (χ1v) is 11.6. The summed E-state index contributed by atoms with van der Waals surface area (Å²) in [6.07, 6.45) is 0. The first kappa shape index (κ1) is 20.9. The average molecular weight is 475 g/mol. The SMILES string of the molecule is COc1ccc(Nc2nnc(NC(=O)c3cc4cc(Oc5ccccc5)ccc4s3)s2)cc1. The Kier molecular flexibility index (Phi) is 5.88. The lowest BCUT2D eigenvalue weighted by atomic mass is 10.2. The molecule has 0 aliphatic heterocycles. The minimum Gasteiger partial charge on any atom is -0.497 e. The number of carbonyl (C=O) groups excluding carboxylic acids is 1. The molecule has 5 rings (SSSR count). The highest BCUT2D eigenvalue weighted by atomic mass is 32.1. The second kappa shape index (κ2) is 9.27. The third-order valence-corrected chi connectivity index (χ3v) is 6.55. The van der Waals surface area contributed by atoms with E-state index in [9.17, 15) is 4.79 Å². The van der Waals surface area contributed by atoms with E-state index in [1.165, 1.54) is 22.7 Å². The van der Waals surface area contributed by atoms with Gasteiger partial charge in [0.25, 0.3) is 5.91 Å². The topological polar surface area (TPSA) is 85.4 Å². The zero-order valence-electron chi connectivity index (χ0n) is 17.4. The predicted octanol–water partition coefficient (Wildman–Crippen LogP) is 6.55. The lowest BCUT2D eigenvalue weighted by Gasteiger charge is -2.04. The van der Waals surface area contributed by atoms with Crippen molar-refractivity contribution in [1.82, 2.24) is 10.2 Å². The molecule has 1 amide bonds. The van der Waals surface area contributed by atoms with Gasteiger partial charge in [-0.25, -0.2) is 0 Å². The molecule has 7 nitrogen and oxygen atoms in total. The van der Waals surface area contributed by atoms with Crippen molar-refractivity contribution in [3.63, 3.8) is 0 Å². The van der Waals surface area contributed by atoms with E-state index in [-0.39, 0.29) is 5.91 Å². The average Bonchev–Trinajstić information content (AvgIpc) is 3.46. The molecule has 0 atom stereocenters. The van der Waals surface area contributed by atoms with Crippen LogP contribution < -0.4 is 20.1 Å². The number of methoxy groups -OCH3 is 1. The van der Waals surface area contributed by atoms with Gasteiger partial charge in [-0.05, 0) is 66.0 Å². The van der Waals surface area contributed by atoms with Gasteiger partial charge < -0.3 is 14.8 Å². The summed E-state index contributed by atoms with van der Waals surface area (Å²) in [6, 6.07) is 24.7. The number of para-hydroxylation sites is 1. The molecule has 0 bridgehead atoms. The lowest BCUT2D eigenvalue weighted by molar-refractivity contribution is 0.103. The fourth-order valence-corrected chi connectivity index (χ4v) is 4.70. The number of amides is 1. The van der Waals surface area contributed by atoms with Gasteiger partial charge in [0.05, 0.1) is 12.0 Å². The van der Waals surface area contributed by atoms with Crippen LogP contribution in [0.3, 0.4) is 0 Å². The molecular weight excluding hydrogens is 456 g/mol. The van der Waals surface area contributed by atoms with Crippen molar-refractivity contribution in [2.45, 2.75) is 0 Å². The minimum atomic E-state index is -0.228. The number of ether oxygens (including phenoxy) is 2. The standard InChI is InChI=1S/C24H18N4O3S2/c1-30-17-9-7-16(8-10-17)25-23-27-28-24(33-23)26-22(29)21-14-15-13-19(11-12-20(15)32-21)31-18-5-3-2-4-6-18/h2-14H,1H3,(H,25,27)(H,26,28,29). The second-order valence-corrected chi connectivity index (χ2v) is 9.01. The highest BCUT2D eigenvalue weighted by Crippen LogP contribution is 2.32. The normalized spacial score (nSPS) is 10.7. The summed E-state index contributed by atoms with van der Waals surface area (Å²) >= 11 is 2.67. The van der Waals surface area contributed by atoms with Crippen LogP contribution in [-0.4, -0.2) is 23.2 Å². The Morgan fingerprint density at radius 1 is 0.818 bits per heavy atom. The molecule has 0 aliphatic rings. The molecule has 2 aromatic heterocycles. The number of thiophene rings is 1. The van der Waals surface area contributed by atoms with Gasteiger partial charge in [0.1, 0.15) is 17.2 Å². The Labute approximate surface area is 197 Å². The molecule has 0 aliphatic carbocycles. The number of nitrogens with one attached hydrogen (secondary N) is 2. The summed E-state index contributed by atoms with van der Waals surface area (Å²) < 4.78 is 12.0. The van der Waals surface area contributed by atoms with Gasteiger partial charge in [0.15, 0.2) is 0 Å². The van der Waals surface area contributed by atoms with Crippen molar-refractivity contribution in [3.8, 4) is 17.2 Å². The molecule has 3 aromatic carbocycles. The van der Waals surface area contributed by atoms with Crippen LogP contribution in [0.2, 0.25) is 0 Å². The van der Waals surface area contributed by atoms with Crippen LogP contribution in [0.1, 0.15) is 9.67 Å². The van der Waals surface area contributed by atoms with Crippen molar-refractivity contribution >= 4 is 54.6 Å². The zero-order chi connectivity index (χ0) is 22.6. The number of hydrogen-bond donors (Lipinski definition) is 2. The summed E-state index contributed by atoms with van der Waals surface area (Å²) in [4.78, 5) is 13.4. The monoisotopic (exact) mass is 474 g/mol. The number of anilines is 3. The number of aromatic nitrogens is 2. The van der Waals surface area contributed by atoms with E-state index in [2.05, 4.69) is 20.8 Å². The van der Waals surface area contributed by atoms with Crippen molar-refractivity contribution in [3.05, 3.63) is 83.7 Å². The maximum Gasteiger partial charge on any atom is 0.267 e. The Morgan fingerprint density at radius 2 is 1.58 bits per heavy atom. The van der Waals surface area contributed by atoms with Gasteiger partial charge in [-0.1, -0.05) is 29.5 Å². The number of rotatable bonds is 7. The van der Waals surface area contributed by atoms with E-state index < -0.39 is 0 Å². The van der Waals surface area contributed by atoms with Crippen LogP contribution in [-0.2, 0) is 0 Å². The molecule has 0 unspecified atom stereocenters. The van der Waals surface area contributed by atoms with E-state index in [4.69, 9.17) is 9.47 Å². The van der Waals surface area contributed by atoms with Crippen LogP contribution >= 0.6 is 22.7 Å². The van der Waals surface area contributed by atoms with Crippen molar-refractivity contribution in [1.29, 1.82) is 0 Å². The van der Waals surface area contributed by atoms with Crippen LogP contribution in [0.25, 0.3) is 10.1 Å². The molecule has 2 N–H and O–H groups in total. The molecular formula is C24H18N4O3S2. The number of hydrogen-bond acceptors (Lipinski definition) is 8. The van der Waals surface area contributed by atoms with E-state index >= 15 is 0 Å². The highest BCUT2D eigenvalue weighted by Gasteiger charge is 2.14. The summed E-state index contributed by atoms with van der Waals surface area (Å²) in [5.74, 6) is 2.03. The third-order valence-electron chi connectivity index (χ3n) is 4.68. The molecule has 0 spiro atoms. The molecule has 9 heteroatoms. The van der Waals surface area contributed by atoms with Gasteiger partial charge in [0, 0.05) is 10.4 Å². The number of nitrogens with zero attached hydrogens (tertiary/aromatic N) is 2. The number of benzene rings is 3. The first-order chi connectivity index (χ1) is 16.2. The molecule has 33 heavy (non-hydrogen) atoms. The summed E-state index contributed by atoms with van der Waals surface area (Å²) in [5.41, 5.74) is 0.850. The van der Waals surface area contributed by atoms with Crippen molar-refractivity contribution in [2.75, 3.05) is 17.7 Å². The van der Waals surface area contributed by atoms with Crippen molar-refractivity contribution in [2.24, 2.45) is 0 Å². The Balaban J connectivity index is 1.26. The molecule has 0 fully saturated rings. The Bertz CT molecular complexity index is 1400. The highest BCUT2D eigenvalue weighted by molar-refractivity contribution is 7.21. The van der Waals surface area contributed by atoms with Gasteiger partial charge in [0.2, 0.25) is 10.3 Å². The van der Waals surface area contributed by atoms with Crippen molar-refractivity contribution < 1.29 is 14.3 Å². The largest absolute Gasteiger partial charge is 0.497 e. The molecule has 164 valence electrons.